The molecule has 1 aromatic carbocycles. The molecular weight excluding hydrogens is 244 g/mol. The highest BCUT2D eigenvalue weighted by atomic mass is 16.5. The van der Waals surface area contributed by atoms with Crippen molar-refractivity contribution >= 4 is 5.91 Å². The summed E-state index contributed by atoms with van der Waals surface area (Å²) < 4.78 is 10.7. The van der Waals surface area contributed by atoms with Crippen molar-refractivity contribution in [3.05, 3.63) is 29.3 Å². The first kappa shape index (κ1) is 15.5. The van der Waals surface area contributed by atoms with E-state index >= 15 is 0 Å². The number of carbonyl (C=O) groups is 1. The largest absolute Gasteiger partial charge is 0.493 e. The van der Waals surface area contributed by atoms with Crippen LogP contribution < -0.4 is 15.8 Å². The van der Waals surface area contributed by atoms with Gasteiger partial charge < -0.3 is 20.5 Å². The second kappa shape index (κ2) is 8.50. The molecule has 0 unspecified atom stereocenters. The summed E-state index contributed by atoms with van der Waals surface area (Å²) in [5.41, 5.74) is 7.32. The molecule has 0 atom stereocenters. The lowest BCUT2D eigenvalue weighted by atomic mass is 10.1. The molecule has 1 rings (SSSR count). The summed E-state index contributed by atoms with van der Waals surface area (Å²) in [5, 5.41) is 2.74. The third-order valence-electron chi connectivity index (χ3n) is 2.63. The maximum absolute atomic E-state index is 11.2. The average Bonchev–Trinajstić information content (AvgIpc) is 2.42. The van der Waals surface area contributed by atoms with Crippen molar-refractivity contribution in [1.82, 2.24) is 5.32 Å². The number of nitrogens with two attached hydrogens (primary N) is 1. The summed E-state index contributed by atoms with van der Waals surface area (Å²) in [6, 6.07) is 5.92. The van der Waals surface area contributed by atoms with Crippen LogP contribution in [0.4, 0.5) is 0 Å². The minimum Gasteiger partial charge on any atom is -0.493 e. The molecular formula is C14H22N2O3. The first-order valence-corrected chi connectivity index (χ1v) is 6.35. The van der Waals surface area contributed by atoms with Gasteiger partial charge in [0.15, 0.2) is 0 Å². The summed E-state index contributed by atoms with van der Waals surface area (Å²) in [6.45, 7) is 3.69. The summed E-state index contributed by atoms with van der Waals surface area (Å²) >= 11 is 0. The van der Waals surface area contributed by atoms with Crippen LogP contribution in [0, 0.1) is 6.92 Å². The van der Waals surface area contributed by atoms with Crippen LogP contribution in [-0.2, 0) is 16.1 Å². The molecule has 0 radical (unpaired) electrons. The van der Waals surface area contributed by atoms with Crippen LogP contribution in [-0.4, -0.2) is 32.8 Å². The molecule has 3 N–H and O–H groups in total. The standard InChI is InChI=1S/C14H22N2O3/c1-11-4-5-12(10-16-14(17)9-15)13(8-11)19-7-3-6-18-2/h4-5,8H,3,6-7,9-10,15H2,1-2H3,(H,16,17). The van der Waals surface area contributed by atoms with Gasteiger partial charge in [-0.1, -0.05) is 12.1 Å². The summed E-state index contributed by atoms with van der Waals surface area (Å²) in [7, 11) is 1.67. The Morgan fingerprint density at radius 1 is 1.37 bits per heavy atom. The Hall–Kier alpha value is -1.59. The number of ether oxygens (including phenoxy) is 2. The van der Waals surface area contributed by atoms with E-state index in [1.54, 1.807) is 7.11 Å². The lowest BCUT2D eigenvalue weighted by molar-refractivity contribution is -0.119. The van der Waals surface area contributed by atoms with Gasteiger partial charge >= 0.3 is 0 Å². The average molecular weight is 266 g/mol. The van der Waals surface area contributed by atoms with E-state index in [4.69, 9.17) is 15.2 Å². The van der Waals surface area contributed by atoms with Crippen molar-refractivity contribution in [2.24, 2.45) is 5.73 Å². The SMILES string of the molecule is COCCCOc1cc(C)ccc1CNC(=O)CN. The summed E-state index contributed by atoms with van der Waals surface area (Å²) in [4.78, 5) is 11.2. The predicted molar refractivity (Wildman–Crippen MR) is 74.1 cm³/mol. The van der Waals surface area contributed by atoms with Crippen LogP contribution in [0.15, 0.2) is 18.2 Å². The molecule has 1 amide bonds. The molecule has 0 bridgehead atoms. The van der Waals surface area contributed by atoms with E-state index in [2.05, 4.69) is 5.32 Å². The highest BCUT2D eigenvalue weighted by Crippen LogP contribution is 2.20. The van der Waals surface area contributed by atoms with Crippen molar-refractivity contribution in [2.45, 2.75) is 19.9 Å². The number of carbonyl (C=O) groups excluding carboxylic acids is 1. The van der Waals surface area contributed by atoms with Gasteiger partial charge in [0.2, 0.25) is 5.91 Å². The van der Waals surface area contributed by atoms with Crippen LogP contribution in [0.2, 0.25) is 0 Å². The maximum Gasteiger partial charge on any atom is 0.234 e. The molecule has 0 aliphatic carbocycles. The third kappa shape index (κ3) is 5.72. The fraction of sp³-hybridized carbons (Fsp3) is 0.500. The molecule has 5 heteroatoms. The number of hydrogen-bond acceptors (Lipinski definition) is 4. The molecule has 0 heterocycles. The number of benzene rings is 1. The minimum atomic E-state index is -0.175. The Morgan fingerprint density at radius 2 is 2.16 bits per heavy atom. The monoisotopic (exact) mass is 266 g/mol. The molecule has 0 aromatic heterocycles. The molecule has 0 fully saturated rings. The van der Waals surface area contributed by atoms with Crippen molar-refractivity contribution in [1.29, 1.82) is 0 Å². The van der Waals surface area contributed by atoms with E-state index in [0.29, 0.717) is 19.8 Å². The molecule has 106 valence electrons. The molecule has 19 heavy (non-hydrogen) atoms. The van der Waals surface area contributed by atoms with E-state index in [0.717, 1.165) is 23.3 Å². The van der Waals surface area contributed by atoms with Gasteiger partial charge in [0.1, 0.15) is 5.75 Å². The third-order valence-corrected chi connectivity index (χ3v) is 2.63. The Labute approximate surface area is 114 Å². The highest BCUT2D eigenvalue weighted by Gasteiger charge is 2.06. The zero-order valence-electron chi connectivity index (χ0n) is 11.6. The molecule has 0 saturated heterocycles. The van der Waals surface area contributed by atoms with E-state index in [1.807, 2.05) is 25.1 Å². The Morgan fingerprint density at radius 3 is 2.84 bits per heavy atom. The van der Waals surface area contributed by atoms with Crippen molar-refractivity contribution in [3.63, 3.8) is 0 Å². The summed E-state index contributed by atoms with van der Waals surface area (Å²) in [6.07, 6.45) is 0.832. The van der Waals surface area contributed by atoms with E-state index in [-0.39, 0.29) is 12.5 Å². The second-order valence-corrected chi connectivity index (χ2v) is 4.29. The van der Waals surface area contributed by atoms with Crippen LogP contribution in [0.3, 0.4) is 0 Å². The van der Waals surface area contributed by atoms with Gasteiger partial charge in [0.05, 0.1) is 13.2 Å². The fourth-order valence-electron chi connectivity index (χ4n) is 1.59. The van der Waals surface area contributed by atoms with Gasteiger partial charge in [0, 0.05) is 32.2 Å². The lowest BCUT2D eigenvalue weighted by Gasteiger charge is -2.13. The van der Waals surface area contributed by atoms with Crippen LogP contribution in [0.1, 0.15) is 17.5 Å². The lowest BCUT2D eigenvalue weighted by Crippen LogP contribution is -2.29. The Kier molecular flexibility index (Phi) is 6.92. The summed E-state index contributed by atoms with van der Waals surface area (Å²) in [5.74, 6) is 0.624. The van der Waals surface area contributed by atoms with Crippen LogP contribution in [0.5, 0.6) is 5.75 Å². The molecule has 0 aliphatic rings. The van der Waals surface area contributed by atoms with Gasteiger partial charge in [-0.25, -0.2) is 0 Å². The Bertz CT molecular complexity index is 408. The van der Waals surface area contributed by atoms with Crippen molar-refractivity contribution < 1.29 is 14.3 Å². The molecule has 1 aromatic rings. The van der Waals surface area contributed by atoms with Crippen LogP contribution in [0.25, 0.3) is 0 Å². The van der Waals surface area contributed by atoms with E-state index < -0.39 is 0 Å². The quantitative estimate of drug-likeness (QED) is 0.688. The zero-order valence-corrected chi connectivity index (χ0v) is 11.6. The number of nitrogens with one attached hydrogen (secondary N) is 1. The predicted octanol–water partition coefficient (Wildman–Crippen LogP) is 0.985. The maximum atomic E-state index is 11.2. The number of aryl methyl sites for hydroxylation is 1. The van der Waals surface area contributed by atoms with Crippen LogP contribution >= 0.6 is 0 Å². The topological polar surface area (TPSA) is 73.6 Å². The number of methoxy groups -OCH3 is 1. The van der Waals surface area contributed by atoms with Gasteiger partial charge in [-0.2, -0.15) is 0 Å². The van der Waals surface area contributed by atoms with Gasteiger partial charge in [-0.3, -0.25) is 4.79 Å². The number of hydrogen-bond donors (Lipinski definition) is 2. The number of amides is 1. The molecule has 0 spiro atoms. The molecule has 5 nitrogen and oxygen atoms in total. The molecule has 0 aliphatic heterocycles. The smallest absolute Gasteiger partial charge is 0.234 e. The van der Waals surface area contributed by atoms with Crippen molar-refractivity contribution in [2.75, 3.05) is 26.9 Å². The fourth-order valence-corrected chi connectivity index (χ4v) is 1.59. The van der Waals surface area contributed by atoms with Gasteiger partial charge in [-0.15, -0.1) is 0 Å². The zero-order chi connectivity index (χ0) is 14.1. The Balaban J connectivity index is 2.60. The molecule has 0 saturated carbocycles. The first-order chi connectivity index (χ1) is 9.17. The van der Waals surface area contributed by atoms with E-state index in [1.165, 1.54) is 0 Å². The number of rotatable bonds is 8. The van der Waals surface area contributed by atoms with Crippen molar-refractivity contribution in [3.8, 4) is 5.75 Å². The van der Waals surface area contributed by atoms with Gasteiger partial charge in [0.25, 0.3) is 0 Å². The second-order valence-electron chi connectivity index (χ2n) is 4.29. The normalized spacial score (nSPS) is 10.3. The highest BCUT2D eigenvalue weighted by molar-refractivity contribution is 5.77. The van der Waals surface area contributed by atoms with E-state index in [9.17, 15) is 4.79 Å². The minimum absolute atomic E-state index is 0.00408. The van der Waals surface area contributed by atoms with Gasteiger partial charge in [-0.05, 0) is 18.6 Å². The first-order valence-electron chi connectivity index (χ1n) is 6.35.